The second kappa shape index (κ2) is 6.87. The number of benzene rings is 1. The van der Waals surface area contributed by atoms with E-state index >= 15 is 0 Å². The van der Waals surface area contributed by atoms with Crippen molar-refractivity contribution < 1.29 is 0 Å². The number of thiophene rings is 1. The highest BCUT2D eigenvalue weighted by molar-refractivity contribution is 7.18. The highest BCUT2D eigenvalue weighted by Gasteiger charge is 2.16. The van der Waals surface area contributed by atoms with E-state index < -0.39 is 0 Å². The quantitative estimate of drug-likeness (QED) is 0.464. The lowest BCUT2D eigenvalue weighted by molar-refractivity contribution is 1.06. The normalized spacial score (nSPS) is 11.2. The molecule has 4 aromatic rings. The van der Waals surface area contributed by atoms with Crippen LogP contribution in [0.15, 0.2) is 30.5 Å². The minimum Gasteiger partial charge on any atom is -0.365 e. The molecule has 3 aromatic heterocycles. The summed E-state index contributed by atoms with van der Waals surface area (Å²) in [6.45, 7) is 4.78. The van der Waals surface area contributed by atoms with Crippen molar-refractivity contribution >= 4 is 50.6 Å². The molecule has 0 radical (unpaired) electrons. The molecule has 0 atom stereocenters. The molecule has 0 aliphatic carbocycles. The van der Waals surface area contributed by atoms with Gasteiger partial charge in [0.25, 0.3) is 0 Å². The number of H-pyrrole nitrogens is 1. The maximum Gasteiger partial charge on any atom is 0.180 e. The van der Waals surface area contributed by atoms with Crippen molar-refractivity contribution in [3.63, 3.8) is 0 Å². The van der Waals surface area contributed by atoms with E-state index in [1.165, 1.54) is 10.4 Å². The third-order valence-electron chi connectivity index (χ3n) is 4.21. The molecule has 26 heavy (non-hydrogen) atoms. The van der Waals surface area contributed by atoms with Crippen LogP contribution in [-0.4, -0.2) is 20.2 Å². The summed E-state index contributed by atoms with van der Waals surface area (Å²) >= 11 is 13.8. The van der Waals surface area contributed by atoms with Crippen LogP contribution in [0, 0.1) is 13.8 Å². The van der Waals surface area contributed by atoms with Gasteiger partial charge in [0.1, 0.15) is 16.3 Å². The Hall–Kier alpha value is -2.15. The van der Waals surface area contributed by atoms with Crippen molar-refractivity contribution in [1.82, 2.24) is 20.2 Å². The van der Waals surface area contributed by atoms with Crippen LogP contribution >= 0.6 is 34.5 Å². The van der Waals surface area contributed by atoms with Crippen LogP contribution in [0.1, 0.15) is 16.0 Å². The standard InChI is InChI=1S/C18H15Cl2N5S/c1-9-10(2)26-18-15(9)17(23-16(24-18)14-5-6-22-25-14)21-8-11-3-4-12(19)13(20)7-11/h3-7H,8H2,1-2H3,(H,22,25)(H,21,23,24). The van der Waals surface area contributed by atoms with Crippen LogP contribution in [0.25, 0.3) is 21.7 Å². The minimum atomic E-state index is 0.541. The second-order valence-electron chi connectivity index (χ2n) is 5.93. The minimum absolute atomic E-state index is 0.541. The second-order valence-corrected chi connectivity index (χ2v) is 7.95. The largest absolute Gasteiger partial charge is 0.365 e. The number of fused-ring (bicyclic) bond motifs is 1. The fourth-order valence-corrected chi connectivity index (χ4v) is 4.06. The van der Waals surface area contributed by atoms with Crippen LogP contribution in [-0.2, 0) is 6.54 Å². The van der Waals surface area contributed by atoms with Crippen LogP contribution in [0.3, 0.4) is 0 Å². The van der Waals surface area contributed by atoms with Gasteiger partial charge in [-0.15, -0.1) is 11.3 Å². The lowest BCUT2D eigenvalue weighted by atomic mass is 10.2. The summed E-state index contributed by atoms with van der Waals surface area (Å²) in [5, 5.41) is 12.5. The van der Waals surface area contributed by atoms with Gasteiger partial charge < -0.3 is 5.32 Å². The van der Waals surface area contributed by atoms with E-state index in [0.717, 1.165) is 27.3 Å². The molecule has 0 unspecified atom stereocenters. The zero-order valence-corrected chi connectivity index (χ0v) is 16.4. The highest BCUT2D eigenvalue weighted by atomic mass is 35.5. The van der Waals surface area contributed by atoms with Gasteiger partial charge >= 0.3 is 0 Å². The van der Waals surface area contributed by atoms with Crippen molar-refractivity contribution in [3.8, 4) is 11.5 Å². The number of nitrogens with one attached hydrogen (secondary N) is 2. The number of nitrogens with zero attached hydrogens (tertiary/aromatic N) is 3. The fraction of sp³-hybridized carbons (Fsp3) is 0.167. The summed E-state index contributed by atoms with van der Waals surface area (Å²) in [7, 11) is 0. The summed E-state index contributed by atoms with van der Waals surface area (Å²) < 4.78 is 0. The Morgan fingerprint density at radius 2 is 1.96 bits per heavy atom. The summed E-state index contributed by atoms with van der Waals surface area (Å²) in [5.41, 5.74) is 3.00. The number of anilines is 1. The van der Waals surface area contributed by atoms with E-state index in [-0.39, 0.29) is 0 Å². The van der Waals surface area contributed by atoms with Gasteiger partial charge in [0.2, 0.25) is 0 Å². The van der Waals surface area contributed by atoms with Crippen molar-refractivity contribution in [2.24, 2.45) is 0 Å². The molecule has 0 aliphatic rings. The number of rotatable bonds is 4. The number of hydrogen-bond acceptors (Lipinski definition) is 5. The van der Waals surface area contributed by atoms with E-state index in [4.69, 9.17) is 33.2 Å². The van der Waals surface area contributed by atoms with Crippen molar-refractivity contribution in [1.29, 1.82) is 0 Å². The van der Waals surface area contributed by atoms with E-state index in [1.807, 2.05) is 18.2 Å². The average molecular weight is 404 g/mol. The molecular formula is C18H15Cl2N5S. The summed E-state index contributed by atoms with van der Waals surface area (Å²) in [4.78, 5) is 11.6. The number of aryl methyl sites for hydroxylation is 2. The van der Waals surface area contributed by atoms with Crippen LogP contribution in [0.5, 0.6) is 0 Å². The lowest BCUT2D eigenvalue weighted by Gasteiger charge is -2.10. The average Bonchev–Trinajstić information content (AvgIpc) is 3.25. The SMILES string of the molecule is Cc1sc2nc(-c3ccn[nH]3)nc(NCc3ccc(Cl)c(Cl)c3)c2c1C. The van der Waals surface area contributed by atoms with Gasteiger partial charge in [-0.2, -0.15) is 5.10 Å². The van der Waals surface area contributed by atoms with Crippen molar-refractivity contribution in [2.45, 2.75) is 20.4 Å². The molecule has 3 heterocycles. The lowest BCUT2D eigenvalue weighted by Crippen LogP contribution is -2.04. The van der Waals surface area contributed by atoms with Gasteiger partial charge in [-0.3, -0.25) is 5.10 Å². The molecule has 0 spiro atoms. The molecule has 2 N–H and O–H groups in total. The first-order valence-corrected chi connectivity index (χ1v) is 9.55. The molecule has 4 rings (SSSR count). The molecule has 1 aromatic carbocycles. The first kappa shape index (κ1) is 17.3. The predicted octanol–water partition coefficient (Wildman–Crippen LogP) is 5.62. The van der Waals surface area contributed by atoms with Crippen LogP contribution in [0.2, 0.25) is 10.0 Å². The summed E-state index contributed by atoms with van der Waals surface area (Å²) in [6.07, 6.45) is 1.69. The monoisotopic (exact) mass is 403 g/mol. The first-order chi connectivity index (χ1) is 12.5. The third-order valence-corrected chi connectivity index (χ3v) is 6.05. The first-order valence-electron chi connectivity index (χ1n) is 7.98. The van der Waals surface area contributed by atoms with Gasteiger partial charge in [0.05, 0.1) is 15.4 Å². The number of aromatic nitrogens is 4. The van der Waals surface area contributed by atoms with Gasteiger partial charge in [-0.05, 0) is 43.2 Å². The van der Waals surface area contributed by atoms with E-state index in [1.54, 1.807) is 23.6 Å². The van der Waals surface area contributed by atoms with E-state index in [2.05, 4.69) is 29.4 Å². The number of hydrogen-bond donors (Lipinski definition) is 2. The zero-order valence-electron chi connectivity index (χ0n) is 14.1. The van der Waals surface area contributed by atoms with Gasteiger partial charge in [0.15, 0.2) is 5.82 Å². The molecule has 8 heteroatoms. The van der Waals surface area contributed by atoms with Gasteiger partial charge in [0, 0.05) is 17.6 Å². The van der Waals surface area contributed by atoms with Gasteiger partial charge in [-0.25, -0.2) is 9.97 Å². The molecule has 0 saturated carbocycles. The Morgan fingerprint density at radius 1 is 1.12 bits per heavy atom. The Bertz CT molecular complexity index is 1090. The molecule has 0 saturated heterocycles. The third kappa shape index (κ3) is 3.16. The molecule has 132 valence electrons. The Morgan fingerprint density at radius 3 is 2.69 bits per heavy atom. The number of halogens is 2. The topological polar surface area (TPSA) is 66.5 Å². The Kier molecular flexibility index (Phi) is 4.56. The number of aromatic amines is 1. The maximum atomic E-state index is 6.12. The van der Waals surface area contributed by atoms with E-state index in [0.29, 0.717) is 22.4 Å². The molecular weight excluding hydrogens is 389 g/mol. The highest BCUT2D eigenvalue weighted by Crippen LogP contribution is 2.35. The van der Waals surface area contributed by atoms with Crippen molar-refractivity contribution in [3.05, 3.63) is 56.5 Å². The molecule has 0 amide bonds. The van der Waals surface area contributed by atoms with Crippen molar-refractivity contribution in [2.75, 3.05) is 5.32 Å². The molecule has 0 aliphatic heterocycles. The van der Waals surface area contributed by atoms with Crippen LogP contribution in [0.4, 0.5) is 5.82 Å². The molecule has 5 nitrogen and oxygen atoms in total. The maximum absolute atomic E-state index is 6.12. The fourth-order valence-electron chi connectivity index (χ4n) is 2.71. The Labute approximate surface area is 164 Å². The molecule has 0 fully saturated rings. The Balaban J connectivity index is 1.75. The molecule has 0 bridgehead atoms. The zero-order chi connectivity index (χ0) is 18.3. The summed E-state index contributed by atoms with van der Waals surface area (Å²) in [5.74, 6) is 1.42. The van der Waals surface area contributed by atoms with Gasteiger partial charge in [-0.1, -0.05) is 29.3 Å². The smallest absolute Gasteiger partial charge is 0.180 e. The van der Waals surface area contributed by atoms with Crippen LogP contribution < -0.4 is 5.32 Å². The van der Waals surface area contributed by atoms with E-state index in [9.17, 15) is 0 Å². The summed E-state index contributed by atoms with van der Waals surface area (Å²) in [6, 6.07) is 7.46. The predicted molar refractivity (Wildman–Crippen MR) is 108 cm³/mol.